The molecule has 0 aliphatic heterocycles. The van der Waals surface area contributed by atoms with Gasteiger partial charge in [-0.2, -0.15) is 0 Å². The van der Waals surface area contributed by atoms with E-state index in [1.54, 1.807) is 31.8 Å². The second kappa shape index (κ2) is 9.31. The van der Waals surface area contributed by atoms with Gasteiger partial charge >= 0.3 is 5.97 Å². The van der Waals surface area contributed by atoms with Crippen molar-refractivity contribution in [2.75, 3.05) is 20.3 Å². The van der Waals surface area contributed by atoms with E-state index in [0.717, 1.165) is 16.7 Å². The van der Waals surface area contributed by atoms with Crippen LogP contribution in [0.4, 0.5) is 0 Å². The van der Waals surface area contributed by atoms with Crippen LogP contribution in [0.15, 0.2) is 61.1 Å². The van der Waals surface area contributed by atoms with Crippen molar-refractivity contribution < 1.29 is 19.4 Å². The van der Waals surface area contributed by atoms with Crippen molar-refractivity contribution in [3.8, 4) is 28.8 Å². The van der Waals surface area contributed by atoms with Crippen LogP contribution in [0, 0.1) is 11.8 Å². The van der Waals surface area contributed by atoms with Crippen molar-refractivity contribution in [1.29, 1.82) is 0 Å². The zero-order chi connectivity index (χ0) is 19.8. The summed E-state index contributed by atoms with van der Waals surface area (Å²) in [4.78, 5) is 19.7. The predicted molar refractivity (Wildman–Crippen MR) is 104 cm³/mol. The van der Waals surface area contributed by atoms with Gasteiger partial charge in [-0.15, -0.1) is 0 Å². The lowest BCUT2D eigenvalue weighted by Crippen LogP contribution is -2.10. The summed E-state index contributed by atoms with van der Waals surface area (Å²) in [5, 5.41) is 9.44. The first kappa shape index (κ1) is 19.1. The van der Waals surface area contributed by atoms with Crippen LogP contribution in [0.5, 0.6) is 5.88 Å². The van der Waals surface area contributed by atoms with Crippen LogP contribution in [0.1, 0.15) is 21.5 Å². The third kappa shape index (κ3) is 4.93. The molecule has 6 nitrogen and oxygen atoms in total. The third-order valence-electron chi connectivity index (χ3n) is 3.84. The minimum Gasteiger partial charge on any atom is -0.477 e. The summed E-state index contributed by atoms with van der Waals surface area (Å²) in [7, 11) is 1.54. The Hall–Kier alpha value is -3.69. The second-order valence-corrected chi connectivity index (χ2v) is 5.79. The van der Waals surface area contributed by atoms with Crippen molar-refractivity contribution >= 4 is 5.97 Å². The molecule has 3 rings (SSSR count). The monoisotopic (exact) mass is 374 g/mol. The summed E-state index contributed by atoms with van der Waals surface area (Å²) < 4.78 is 10.3. The quantitative estimate of drug-likeness (QED) is 0.527. The summed E-state index contributed by atoms with van der Waals surface area (Å²) >= 11 is 0. The van der Waals surface area contributed by atoms with E-state index in [4.69, 9.17) is 9.47 Å². The van der Waals surface area contributed by atoms with Gasteiger partial charge in [0.15, 0.2) is 0 Å². The van der Waals surface area contributed by atoms with Crippen LogP contribution < -0.4 is 4.74 Å². The number of rotatable bonds is 6. The molecule has 1 aromatic carbocycles. The number of ether oxygens (including phenoxy) is 2. The Bertz CT molecular complexity index is 1010. The zero-order valence-electron chi connectivity index (χ0n) is 15.3. The lowest BCUT2D eigenvalue weighted by Gasteiger charge is -2.09. The Balaban J connectivity index is 1.80. The van der Waals surface area contributed by atoms with Gasteiger partial charge in [0.05, 0.1) is 6.61 Å². The molecule has 28 heavy (non-hydrogen) atoms. The van der Waals surface area contributed by atoms with E-state index in [9.17, 15) is 9.90 Å². The van der Waals surface area contributed by atoms with E-state index in [-0.39, 0.29) is 18.1 Å². The number of carboxylic acids is 1. The van der Waals surface area contributed by atoms with Crippen LogP contribution >= 0.6 is 0 Å². The smallest absolute Gasteiger partial charge is 0.341 e. The van der Waals surface area contributed by atoms with Crippen LogP contribution in [-0.4, -0.2) is 41.4 Å². The highest BCUT2D eigenvalue weighted by Gasteiger charge is 2.14. The van der Waals surface area contributed by atoms with Crippen LogP contribution in [0.2, 0.25) is 0 Å². The number of carboxylic acid groups (broad SMARTS) is 1. The topological polar surface area (TPSA) is 81.5 Å². The lowest BCUT2D eigenvalue weighted by molar-refractivity contribution is 0.0688. The predicted octanol–water partition coefficient (Wildman–Crippen LogP) is 3.27. The van der Waals surface area contributed by atoms with Gasteiger partial charge in [-0.1, -0.05) is 24.0 Å². The van der Waals surface area contributed by atoms with E-state index in [1.165, 1.54) is 0 Å². The number of carbonyl (C=O) groups is 1. The number of aromatic nitrogens is 2. The average Bonchev–Trinajstić information content (AvgIpc) is 2.73. The van der Waals surface area contributed by atoms with E-state index in [2.05, 4.69) is 21.8 Å². The molecule has 3 aromatic rings. The van der Waals surface area contributed by atoms with Gasteiger partial charge in [-0.3, -0.25) is 4.98 Å². The van der Waals surface area contributed by atoms with Gasteiger partial charge in [0.2, 0.25) is 5.88 Å². The molecule has 0 radical (unpaired) electrons. The maximum Gasteiger partial charge on any atom is 0.341 e. The number of benzene rings is 1. The molecule has 0 bridgehead atoms. The largest absolute Gasteiger partial charge is 0.477 e. The van der Waals surface area contributed by atoms with Gasteiger partial charge < -0.3 is 14.6 Å². The van der Waals surface area contributed by atoms with Crippen molar-refractivity contribution in [2.45, 2.75) is 0 Å². The Morgan fingerprint density at radius 1 is 1.04 bits per heavy atom. The highest BCUT2D eigenvalue weighted by Crippen LogP contribution is 2.25. The molecule has 1 N–H and O–H groups in total. The minimum atomic E-state index is -1.10. The molecule has 140 valence electrons. The SMILES string of the molecule is COCCOc1ncc(-c2ccc(C#Cc3cccnc3)cc2)cc1C(=O)O. The average molecular weight is 374 g/mol. The number of hydrogen-bond donors (Lipinski definition) is 1. The molecule has 6 heteroatoms. The molecule has 0 aliphatic carbocycles. The Kier molecular flexibility index (Phi) is 6.34. The molecule has 2 heterocycles. The maximum atomic E-state index is 11.5. The molecule has 0 spiro atoms. The fraction of sp³-hybridized carbons (Fsp3) is 0.136. The molecule has 0 amide bonds. The number of nitrogens with zero attached hydrogens (tertiary/aromatic N) is 2. The molecule has 0 atom stereocenters. The lowest BCUT2D eigenvalue weighted by atomic mass is 10.0. The van der Waals surface area contributed by atoms with Gasteiger partial charge in [-0.05, 0) is 35.9 Å². The van der Waals surface area contributed by atoms with Crippen molar-refractivity contribution in [1.82, 2.24) is 9.97 Å². The normalized spacial score (nSPS) is 10.0. The molecule has 0 aliphatic rings. The maximum absolute atomic E-state index is 11.5. The fourth-order valence-corrected chi connectivity index (χ4v) is 2.43. The molecule has 0 fully saturated rings. The molecular formula is C22H18N2O4. The van der Waals surface area contributed by atoms with E-state index in [0.29, 0.717) is 12.2 Å². The number of hydrogen-bond acceptors (Lipinski definition) is 5. The summed E-state index contributed by atoms with van der Waals surface area (Å²) in [5.41, 5.74) is 3.21. The van der Waals surface area contributed by atoms with Gasteiger partial charge in [-0.25, -0.2) is 9.78 Å². The van der Waals surface area contributed by atoms with Gasteiger partial charge in [0.1, 0.15) is 12.2 Å². The number of methoxy groups -OCH3 is 1. The second-order valence-electron chi connectivity index (χ2n) is 5.79. The summed E-state index contributed by atoms with van der Waals surface area (Å²) in [5.74, 6) is 5.10. The van der Waals surface area contributed by atoms with Crippen LogP contribution in [0.3, 0.4) is 0 Å². The van der Waals surface area contributed by atoms with Crippen molar-refractivity contribution in [2.24, 2.45) is 0 Å². The minimum absolute atomic E-state index is 0.00838. The Morgan fingerprint density at radius 2 is 1.82 bits per heavy atom. The number of aromatic carboxylic acids is 1. The third-order valence-corrected chi connectivity index (χ3v) is 3.84. The van der Waals surface area contributed by atoms with Gasteiger partial charge in [0.25, 0.3) is 0 Å². The standard InChI is InChI=1S/C22H18N2O4/c1-27-11-12-28-21-20(22(25)26)13-19(15-24-21)18-8-6-16(7-9-18)4-5-17-3-2-10-23-14-17/h2-3,6-10,13-15H,11-12H2,1H3,(H,25,26). The molecule has 0 saturated carbocycles. The highest BCUT2D eigenvalue weighted by atomic mass is 16.5. The molecule has 2 aromatic heterocycles. The molecule has 0 saturated heterocycles. The Morgan fingerprint density at radius 3 is 2.50 bits per heavy atom. The van der Waals surface area contributed by atoms with Crippen LogP contribution in [0.25, 0.3) is 11.1 Å². The molecule has 0 unspecified atom stereocenters. The van der Waals surface area contributed by atoms with Crippen LogP contribution in [-0.2, 0) is 4.74 Å². The summed E-state index contributed by atoms with van der Waals surface area (Å²) in [6.07, 6.45) is 4.99. The van der Waals surface area contributed by atoms with E-state index in [1.807, 2.05) is 36.4 Å². The fourth-order valence-electron chi connectivity index (χ4n) is 2.43. The van der Waals surface area contributed by atoms with Crippen molar-refractivity contribution in [3.63, 3.8) is 0 Å². The van der Waals surface area contributed by atoms with Gasteiger partial charge in [0, 0.05) is 42.4 Å². The highest BCUT2D eigenvalue weighted by molar-refractivity contribution is 5.91. The zero-order valence-corrected chi connectivity index (χ0v) is 15.3. The van der Waals surface area contributed by atoms with E-state index >= 15 is 0 Å². The first-order valence-corrected chi connectivity index (χ1v) is 8.55. The molecular weight excluding hydrogens is 356 g/mol. The van der Waals surface area contributed by atoms with E-state index < -0.39 is 5.97 Å². The Labute approximate surface area is 162 Å². The first-order valence-electron chi connectivity index (χ1n) is 8.55. The summed E-state index contributed by atoms with van der Waals surface area (Å²) in [6.45, 7) is 0.581. The number of pyridine rings is 2. The summed E-state index contributed by atoms with van der Waals surface area (Å²) in [6, 6.07) is 12.8. The van der Waals surface area contributed by atoms with Crippen molar-refractivity contribution in [3.05, 3.63) is 77.7 Å². The first-order chi connectivity index (χ1) is 13.7.